The highest BCUT2D eigenvalue weighted by Crippen LogP contribution is 2.37. The number of rotatable bonds is 6. The van der Waals surface area contributed by atoms with E-state index in [1.54, 1.807) is 0 Å². The van der Waals surface area contributed by atoms with Gasteiger partial charge in [0, 0.05) is 13.1 Å². The number of hydrogen-bond acceptors (Lipinski definition) is 3. The molecule has 2 rings (SSSR count). The molecular weight excluding hydrogens is 222 g/mol. The molecule has 0 unspecified atom stereocenters. The average Bonchev–Trinajstić information content (AvgIpc) is 2.66. The largest absolute Gasteiger partial charge is 0.337 e. The van der Waals surface area contributed by atoms with Gasteiger partial charge in [0.05, 0.1) is 11.4 Å². The van der Waals surface area contributed by atoms with Gasteiger partial charge in [0.1, 0.15) is 0 Å². The third-order valence-electron chi connectivity index (χ3n) is 3.64. The molecule has 18 heavy (non-hydrogen) atoms. The summed E-state index contributed by atoms with van der Waals surface area (Å²) in [6, 6.07) is 8.59. The Kier molecular flexibility index (Phi) is 4.48. The minimum absolute atomic E-state index is 0.0144. The maximum absolute atomic E-state index is 6.41. The predicted octanol–water partition coefficient (Wildman–Crippen LogP) is 3.16. The lowest BCUT2D eigenvalue weighted by Crippen LogP contribution is -2.50. The molecule has 0 fully saturated rings. The van der Waals surface area contributed by atoms with Crippen molar-refractivity contribution in [1.82, 2.24) is 0 Å². The number of hydrogen-bond donors (Lipinski definition) is 1. The van der Waals surface area contributed by atoms with Crippen LogP contribution < -0.4 is 15.5 Å². The molecule has 100 valence electrons. The van der Waals surface area contributed by atoms with Crippen LogP contribution in [0.25, 0.3) is 0 Å². The predicted molar refractivity (Wildman–Crippen MR) is 78.9 cm³/mol. The van der Waals surface area contributed by atoms with Crippen molar-refractivity contribution >= 4 is 11.4 Å². The van der Waals surface area contributed by atoms with E-state index in [-0.39, 0.29) is 6.29 Å². The highest BCUT2D eigenvalue weighted by Gasteiger charge is 2.31. The fraction of sp³-hybridized carbons (Fsp3) is 0.600. The van der Waals surface area contributed by atoms with E-state index < -0.39 is 0 Å². The Bertz CT molecular complexity index is 343. The molecule has 0 aliphatic carbocycles. The molecule has 0 bridgehead atoms. The molecule has 3 heteroatoms. The smallest absolute Gasteiger partial charge is 0.155 e. The van der Waals surface area contributed by atoms with Crippen molar-refractivity contribution in [2.75, 3.05) is 22.9 Å². The molecule has 1 aromatic rings. The summed E-state index contributed by atoms with van der Waals surface area (Å²) in [6.45, 7) is 6.55. The van der Waals surface area contributed by atoms with Crippen LogP contribution in [-0.4, -0.2) is 19.4 Å². The fourth-order valence-electron chi connectivity index (χ4n) is 2.57. The number of anilines is 2. The number of fused-ring (bicyclic) bond motifs is 1. The maximum Gasteiger partial charge on any atom is 0.155 e. The van der Waals surface area contributed by atoms with Gasteiger partial charge in [-0.05, 0) is 25.0 Å². The summed E-state index contributed by atoms with van der Waals surface area (Å²) < 4.78 is 0. The van der Waals surface area contributed by atoms with Crippen molar-refractivity contribution in [2.45, 2.75) is 45.8 Å². The Morgan fingerprint density at radius 1 is 0.944 bits per heavy atom. The van der Waals surface area contributed by atoms with Crippen LogP contribution in [0.1, 0.15) is 39.5 Å². The minimum atomic E-state index is 0.0144. The molecule has 0 radical (unpaired) electrons. The zero-order valence-corrected chi connectivity index (χ0v) is 11.6. The van der Waals surface area contributed by atoms with Crippen LogP contribution in [0.4, 0.5) is 11.4 Å². The summed E-state index contributed by atoms with van der Waals surface area (Å²) in [5.74, 6) is 0. The van der Waals surface area contributed by atoms with Gasteiger partial charge < -0.3 is 9.80 Å². The van der Waals surface area contributed by atoms with Crippen molar-refractivity contribution in [2.24, 2.45) is 5.73 Å². The summed E-state index contributed by atoms with van der Waals surface area (Å²) >= 11 is 0. The summed E-state index contributed by atoms with van der Waals surface area (Å²) in [7, 11) is 0. The molecule has 0 atom stereocenters. The number of nitrogens with zero attached hydrogens (tertiary/aromatic N) is 2. The lowest BCUT2D eigenvalue weighted by Gasteiger charge is -2.29. The van der Waals surface area contributed by atoms with E-state index in [0.717, 1.165) is 13.1 Å². The van der Waals surface area contributed by atoms with Crippen LogP contribution in [0.2, 0.25) is 0 Å². The number of benzene rings is 1. The van der Waals surface area contributed by atoms with Crippen molar-refractivity contribution in [3.05, 3.63) is 24.3 Å². The van der Waals surface area contributed by atoms with Gasteiger partial charge in [-0.2, -0.15) is 0 Å². The lowest BCUT2D eigenvalue weighted by molar-refractivity contribution is 0.570. The third-order valence-corrected chi connectivity index (χ3v) is 3.64. The third kappa shape index (κ3) is 2.46. The zero-order chi connectivity index (χ0) is 13.0. The van der Waals surface area contributed by atoms with Crippen LogP contribution in [0.3, 0.4) is 0 Å². The summed E-state index contributed by atoms with van der Waals surface area (Å²) in [5.41, 5.74) is 9.01. The van der Waals surface area contributed by atoms with Crippen LogP contribution in [-0.2, 0) is 0 Å². The van der Waals surface area contributed by atoms with E-state index in [9.17, 15) is 0 Å². The van der Waals surface area contributed by atoms with Gasteiger partial charge in [0.15, 0.2) is 6.29 Å². The zero-order valence-electron chi connectivity index (χ0n) is 11.6. The Hall–Kier alpha value is -1.22. The highest BCUT2D eigenvalue weighted by atomic mass is 15.5. The standard InChI is InChI=1S/C15H25N3/c1-3-5-11-17-13-9-7-8-10-14(13)18(15(17)16)12-6-4-2/h7-10,15H,3-6,11-12,16H2,1-2H3. The Morgan fingerprint density at radius 3 is 1.78 bits per heavy atom. The Balaban J connectivity index is 2.19. The van der Waals surface area contributed by atoms with Crippen LogP contribution in [0.15, 0.2) is 24.3 Å². The van der Waals surface area contributed by atoms with Gasteiger partial charge in [-0.3, -0.25) is 5.73 Å². The Morgan fingerprint density at radius 2 is 1.39 bits per heavy atom. The van der Waals surface area contributed by atoms with E-state index in [2.05, 4.69) is 47.9 Å². The van der Waals surface area contributed by atoms with E-state index in [4.69, 9.17) is 5.73 Å². The van der Waals surface area contributed by atoms with Gasteiger partial charge in [0.25, 0.3) is 0 Å². The van der Waals surface area contributed by atoms with E-state index >= 15 is 0 Å². The molecule has 3 nitrogen and oxygen atoms in total. The molecule has 0 amide bonds. The molecule has 1 aliphatic rings. The molecule has 1 heterocycles. The minimum Gasteiger partial charge on any atom is -0.337 e. The maximum atomic E-state index is 6.41. The average molecular weight is 247 g/mol. The highest BCUT2D eigenvalue weighted by molar-refractivity contribution is 5.77. The number of nitrogens with two attached hydrogens (primary N) is 1. The van der Waals surface area contributed by atoms with Crippen LogP contribution in [0.5, 0.6) is 0 Å². The number of para-hydroxylation sites is 2. The lowest BCUT2D eigenvalue weighted by atomic mass is 10.2. The van der Waals surface area contributed by atoms with Crippen molar-refractivity contribution in [3.8, 4) is 0 Å². The van der Waals surface area contributed by atoms with Gasteiger partial charge in [-0.1, -0.05) is 38.8 Å². The summed E-state index contributed by atoms with van der Waals surface area (Å²) in [5, 5.41) is 0. The molecule has 0 saturated carbocycles. The molecule has 2 N–H and O–H groups in total. The first-order chi connectivity index (χ1) is 8.79. The second-order valence-electron chi connectivity index (χ2n) is 5.00. The van der Waals surface area contributed by atoms with Gasteiger partial charge in [-0.25, -0.2) is 0 Å². The first kappa shape index (κ1) is 13.2. The van der Waals surface area contributed by atoms with Crippen molar-refractivity contribution in [1.29, 1.82) is 0 Å². The molecule has 0 spiro atoms. The monoisotopic (exact) mass is 247 g/mol. The Labute approximate surface area is 111 Å². The first-order valence-corrected chi connectivity index (χ1v) is 7.17. The first-order valence-electron chi connectivity index (χ1n) is 7.17. The van der Waals surface area contributed by atoms with Crippen LogP contribution in [0, 0.1) is 0 Å². The second-order valence-corrected chi connectivity index (χ2v) is 5.00. The SMILES string of the molecule is CCCCN1c2ccccc2N(CCCC)C1N. The number of unbranched alkanes of at least 4 members (excludes halogenated alkanes) is 2. The van der Waals surface area contributed by atoms with Crippen molar-refractivity contribution in [3.63, 3.8) is 0 Å². The van der Waals surface area contributed by atoms with Gasteiger partial charge in [0.2, 0.25) is 0 Å². The molecule has 0 aromatic heterocycles. The molecular formula is C15H25N3. The van der Waals surface area contributed by atoms with E-state index in [1.165, 1.54) is 37.1 Å². The van der Waals surface area contributed by atoms with Crippen molar-refractivity contribution < 1.29 is 0 Å². The summed E-state index contributed by atoms with van der Waals surface area (Å²) in [6.07, 6.45) is 4.83. The quantitative estimate of drug-likeness (QED) is 0.838. The van der Waals surface area contributed by atoms with Gasteiger partial charge in [-0.15, -0.1) is 0 Å². The topological polar surface area (TPSA) is 32.5 Å². The van der Waals surface area contributed by atoms with E-state index in [0.29, 0.717) is 0 Å². The second kappa shape index (κ2) is 6.10. The fourth-order valence-corrected chi connectivity index (χ4v) is 2.57. The van der Waals surface area contributed by atoms with E-state index in [1.807, 2.05) is 0 Å². The van der Waals surface area contributed by atoms with Crippen LogP contribution >= 0.6 is 0 Å². The summed E-state index contributed by atoms with van der Waals surface area (Å²) in [4.78, 5) is 4.68. The molecule has 0 saturated heterocycles. The molecule has 1 aliphatic heterocycles. The normalized spacial score (nSPS) is 15.3. The molecule has 1 aromatic carbocycles. The van der Waals surface area contributed by atoms with Gasteiger partial charge >= 0.3 is 0 Å².